The lowest BCUT2D eigenvalue weighted by atomic mass is 10.1. The Balaban J connectivity index is 2.30. The quantitative estimate of drug-likeness (QED) is 0.744. The normalized spacial score (nSPS) is 24.8. The minimum Gasteiger partial charge on any atom is -0.481 e. The summed E-state index contributed by atoms with van der Waals surface area (Å²) in [4.78, 5) is 12.8. The van der Waals surface area contributed by atoms with Crippen LogP contribution in [0.15, 0.2) is 0 Å². The molecule has 0 spiro atoms. The molecule has 1 fully saturated rings. The Bertz CT molecular complexity index is 243. The van der Waals surface area contributed by atoms with Crippen LogP contribution >= 0.6 is 0 Å². The number of rotatable bonds is 7. The van der Waals surface area contributed by atoms with E-state index in [0.29, 0.717) is 18.2 Å². The van der Waals surface area contributed by atoms with Gasteiger partial charge < -0.3 is 9.84 Å². The average Bonchev–Trinajstić information content (AvgIpc) is 2.62. The predicted molar refractivity (Wildman–Crippen MR) is 67.1 cm³/mol. The van der Waals surface area contributed by atoms with E-state index in [1.807, 2.05) is 0 Å². The zero-order valence-corrected chi connectivity index (χ0v) is 11.2. The van der Waals surface area contributed by atoms with Gasteiger partial charge in [0.15, 0.2) is 0 Å². The maximum absolute atomic E-state index is 10.5. The molecule has 2 unspecified atom stereocenters. The molecule has 0 aromatic carbocycles. The van der Waals surface area contributed by atoms with Crippen molar-refractivity contribution >= 4 is 5.97 Å². The Morgan fingerprint density at radius 3 is 2.65 bits per heavy atom. The minimum absolute atomic E-state index is 0.255. The zero-order chi connectivity index (χ0) is 12.8. The first-order valence-corrected chi connectivity index (χ1v) is 6.60. The molecular formula is C13H25NO3. The van der Waals surface area contributed by atoms with E-state index in [1.165, 1.54) is 0 Å². The first-order valence-electron chi connectivity index (χ1n) is 6.60. The highest BCUT2D eigenvalue weighted by atomic mass is 16.5. The fourth-order valence-electron chi connectivity index (χ4n) is 2.27. The van der Waals surface area contributed by atoms with Crippen LogP contribution in [-0.4, -0.2) is 47.3 Å². The fourth-order valence-corrected chi connectivity index (χ4v) is 2.27. The van der Waals surface area contributed by atoms with E-state index >= 15 is 0 Å². The first-order chi connectivity index (χ1) is 7.99. The van der Waals surface area contributed by atoms with Crippen LogP contribution < -0.4 is 0 Å². The summed E-state index contributed by atoms with van der Waals surface area (Å²) in [6, 6.07) is 0.448. The second-order valence-electron chi connectivity index (χ2n) is 5.23. The lowest BCUT2D eigenvalue weighted by Gasteiger charge is -2.28. The van der Waals surface area contributed by atoms with Crippen LogP contribution in [0.5, 0.6) is 0 Å². The largest absolute Gasteiger partial charge is 0.481 e. The van der Waals surface area contributed by atoms with Gasteiger partial charge in [-0.05, 0) is 46.6 Å². The summed E-state index contributed by atoms with van der Waals surface area (Å²) >= 11 is 0. The molecule has 0 amide bonds. The summed E-state index contributed by atoms with van der Waals surface area (Å²) in [6.07, 6.45) is 3.96. The van der Waals surface area contributed by atoms with Crippen LogP contribution in [0.3, 0.4) is 0 Å². The van der Waals surface area contributed by atoms with Gasteiger partial charge in [-0.2, -0.15) is 0 Å². The number of hydrogen-bond acceptors (Lipinski definition) is 3. The zero-order valence-electron chi connectivity index (χ0n) is 11.2. The molecular weight excluding hydrogens is 218 g/mol. The molecule has 1 saturated heterocycles. The van der Waals surface area contributed by atoms with E-state index in [1.54, 1.807) is 0 Å². The average molecular weight is 243 g/mol. The third-order valence-electron chi connectivity index (χ3n) is 3.32. The third kappa shape index (κ3) is 5.50. The van der Waals surface area contributed by atoms with Crippen molar-refractivity contribution in [2.24, 2.45) is 0 Å². The SMILES string of the molecule is CC1CCC(CN(CCCC(=O)O)C(C)C)O1. The molecule has 0 bridgehead atoms. The van der Waals surface area contributed by atoms with Crippen LogP contribution in [0.1, 0.15) is 46.5 Å². The molecule has 0 aliphatic carbocycles. The molecule has 0 saturated carbocycles. The molecule has 1 heterocycles. The fraction of sp³-hybridized carbons (Fsp3) is 0.923. The standard InChI is InChI=1S/C13H25NO3/c1-10(2)14(8-4-5-13(15)16)9-12-7-6-11(3)17-12/h10-12H,4-9H2,1-3H3,(H,15,16). The van der Waals surface area contributed by atoms with Crippen molar-refractivity contribution in [3.63, 3.8) is 0 Å². The number of carboxylic acid groups (broad SMARTS) is 1. The Hall–Kier alpha value is -0.610. The van der Waals surface area contributed by atoms with Crippen LogP contribution in [0.4, 0.5) is 0 Å². The van der Waals surface area contributed by atoms with Crippen LogP contribution in [0, 0.1) is 0 Å². The number of hydrogen-bond donors (Lipinski definition) is 1. The number of carbonyl (C=O) groups is 1. The van der Waals surface area contributed by atoms with Crippen molar-refractivity contribution in [1.82, 2.24) is 4.90 Å². The molecule has 1 rings (SSSR count). The lowest BCUT2D eigenvalue weighted by molar-refractivity contribution is -0.137. The van der Waals surface area contributed by atoms with Crippen molar-refractivity contribution in [3.8, 4) is 0 Å². The summed E-state index contributed by atoms with van der Waals surface area (Å²) in [5, 5.41) is 8.64. The molecule has 4 heteroatoms. The number of aliphatic carboxylic acids is 1. The summed E-state index contributed by atoms with van der Waals surface area (Å²) in [6.45, 7) is 8.20. The highest BCUT2D eigenvalue weighted by Crippen LogP contribution is 2.20. The topological polar surface area (TPSA) is 49.8 Å². The van der Waals surface area contributed by atoms with Crippen molar-refractivity contribution < 1.29 is 14.6 Å². The second kappa shape index (κ2) is 6.97. The van der Waals surface area contributed by atoms with Gasteiger partial charge >= 0.3 is 5.97 Å². The van der Waals surface area contributed by atoms with Gasteiger partial charge in [0.05, 0.1) is 12.2 Å². The summed E-state index contributed by atoms with van der Waals surface area (Å²) in [7, 11) is 0. The van der Waals surface area contributed by atoms with Crippen LogP contribution in [-0.2, 0) is 9.53 Å². The summed E-state index contributed by atoms with van der Waals surface area (Å²) in [5.74, 6) is -0.709. The van der Waals surface area contributed by atoms with Gasteiger partial charge in [-0.25, -0.2) is 0 Å². The third-order valence-corrected chi connectivity index (χ3v) is 3.32. The van der Waals surface area contributed by atoms with E-state index in [2.05, 4.69) is 25.7 Å². The second-order valence-corrected chi connectivity index (χ2v) is 5.23. The van der Waals surface area contributed by atoms with E-state index < -0.39 is 5.97 Å². The molecule has 1 N–H and O–H groups in total. The maximum Gasteiger partial charge on any atom is 0.303 e. The molecule has 1 aliphatic rings. The van der Waals surface area contributed by atoms with E-state index in [9.17, 15) is 4.79 Å². The number of carboxylic acids is 1. The molecule has 17 heavy (non-hydrogen) atoms. The highest BCUT2D eigenvalue weighted by Gasteiger charge is 2.24. The number of nitrogens with zero attached hydrogens (tertiary/aromatic N) is 1. The van der Waals surface area contributed by atoms with E-state index in [-0.39, 0.29) is 6.42 Å². The van der Waals surface area contributed by atoms with Gasteiger partial charge in [-0.15, -0.1) is 0 Å². The molecule has 0 radical (unpaired) electrons. The van der Waals surface area contributed by atoms with Crippen molar-refractivity contribution in [2.75, 3.05) is 13.1 Å². The predicted octanol–water partition coefficient (Wildman–Crippen LogP) is 2.13. The van der Waals surface area contributed by atoms with Crippen molar-refractivity contribution in [2.45, 2.75) is 64.7 Å². The Labute approximate surface area is 104 Å². The molecule has 100 valence electrons. The lowest BCUT2D eigenvalue weighted by Crippen LogP contribution is -2.38. The van der Waals surface area contributed by atoms with Crippen molar-refractivity contribution in [3.05, 3.63) is 0 Å². The van der Waals surface area contributed by atoms with Crippen LogP contribution in [0.2, 0.25) is 0 Å². The van der Waals surface area contributed by atoms with Crippen LogP contribution in [0.25, 0.3) is 0 Å². The highest BCUT2D eigenvalue weighted by molar-refractivity contribution is 5.66. The summed E-state index contributed by atoms with van der Waals surface area (Å²) < 4.78 is 5.81. The van der Waals surface area contributed by atoms with Gasteiger partial charge in [0, 0.05) is 19.0 Å². The Morgan fingerprint density at radius 2 is 2.18 bits per heavy atom. The van der Waals surface area contributed by atoms with E-state index in [0.717, 1.165) is 32.4 Å². The van der Waals surface area contributed by atoms with E-state index in [4.69, 9.17) is 9.84 Å². The smallest absolute Gasteiger partial charge is 0.303 e. The molecule has 4 nitrogen and oxygen atoms in total. The molecule has 0 aromatic heterocycles. The number of ether oxygens (including phenoxy) is 1. The van der Waals surface area contributed by atoms with Gasteiger partial charge in [0.2, 0.25) is 0 Å². The molecule has 2 atom stereocenters. The monoisotopic (exact) mass is 243 g/mol. The maximum atomic E-state index is 10.5. The summed E-state index contributed by atoms with van der Waals surface area (Å²) in [5.41, 5.74) is 0. The van der Waals surface area contributed by atoms with Gasteiger partial charge in [-0.3, -0.25) is 9.69 Å². The Kier molecular flexibility index (Phi) is 5.92. The first kappa shape index (κ1) is 14.5. The Morgan fingerprint density at radius 1 is 1.47 bits per heavy atom. The van der Waals surface area contributed by atoms with Gasteiger partial charge in [0.1, 0.15) is 0 Å². The van der Waals surface area contributed by atoms with Gasteiger partial charge in [-0.1, -0.05) is 0 Å². The minimum atomic E-state index is -0.709. The van der Waals surface area contributed by atoms with Crippen molar-refractivity contribution in [1.29, 1.82) is 0 Å². The molecule has 0 aromatic rings. The van der Waals surface area contributed by atoms with Gasteiger partial charge in [0.25, 0.3) is 0 Å². The molecule has 1 aliphatic heterocycles.